The first-order chi connectivity index (χ1) is 14.0. The number of carbonyl (C=O) groups is 1. The summed E-state index contributed by atoms with van der Waals surface area (Å²) in [6, 6.07) is 26.0. The number of ether oxygens (including phenoxy) is 1. The Kier molecular flexibility index (Phi) is 5.63. The average Bonchev–Trinajstić information content (AvgIpc) is 2.72. The summed E-state index contributed by atoms with van der Waals surface area (Å²) in [7, 11) is 0. The van der Waals surface area contributed by atoms with Crippen molar-refractivity contribution in [2.45, 2.75) is 42.6 Å². The van der Waals surface area contributed by atoms with Crippen LogP contribution in [0.3, 0.4) is 0 Å². The molecule has 0 aromatic heterocycles. The predicted molar refractivity (Wildman–Crippen MR) is 118 cm³/mol. The number of thioether (sulfide) groups is 1. The summed E-state index contributed by atoms with van der Waals surface area (Å²) in [5.74, 6) is 1.64. The molecule has 0 fully saturated rings. The van der Waals surface area contributed by atoms with Crippen LogP contribution in [0.1, 0.15) is 47.8 Å². The number of fused-ring (bicyclic) bond motifs is 1. The van der Waals surface area contributed by atoms with Gasteiger partial charge in [0.05, 0.1) is 11.6 Å². The van der Waals surface area contributed by atoms with Crippen molar-refractivity contribution in [2.75, 3.05) is 0 Å². The molecule has 1 unspecified atom stereocenters. The highest BCUT2D eigenvalue weighted by atomic mass is 32.2. The van der Waals surface area contributed by atoms with Crippen LogP contribution in [0.2, 0.25) is 0 Å². The van der Waals surface area contributed by atoms with Gasteiger partial charge in [-0.3, -0.25) is 4.79 Å². The van der Waals surface area contributed by atoms with Crippen molar-refractivity contribution in [3.05, 3.63) is 95.6 Å². The predicted octanol–water partition coefficient (Wildman–Crippen LogP) is 6.01. The molecule has 1 amide bonds. The maximum absolute atomic E-state index is 13.2. The van der Waals surface area contributed by atoms with Gasteiger partial charge in [0.25, 0.3) is 5.91 Å². The van der Waals surface area contributed by atoms with Crippen LogP contribution in [0.4, 0.5) is 0 Å². The standard InChI is InChI=1S/C25H25NO2S/c1-25(2)16-21(19-12-6-8-14-22(19)28-25)26-24(27)20-13-7-9-15-23(20)29-17-18-10-4-3-5-11-18/h3-15,21H,16-17H2,1-2H3,(H,26,27). The van der Waals surface area contributed by atoms with Gasteiger partial charge in [-0.15, -0.1) is 11.8 Å². The number of rotatable bonds is 5. The van der Waals surface area contributed by atoms with Crippen molar-refractivity contribution in [1.29, 1.82) is 0 Å². The highest BCUT2D eigenvalue weighted by Crippen LogP contribution is 2.39. The summed E-state index contributed by atoms with van der Waals surface area (Å²) in [5, 5.41) is 3.25. The maximum atomic E-state index is 13.2. The third-order valence-corrected chi connectivity index (χ3v) is 6.20. The Bertz CT molecular complexity index is 1000. The minimum atomic E-state index is -0.326. The van der Waals surface area contributed by atoms with E-state index in [0.29, 0.717) is 0 Å². The number of nitrogens with one attached hydrogen (secondary N) is 1. The van der Waals surface area contributed by atoms with Crippen LogP contribution in [0.15, 0.2) is 83.8 Å². The number of para-hydroxylation sites is 1. The first kappa shape index (κ1) is 19.6. The molecule has 4 rings (SSSR count). The molecule has 1 N–H and O–H groups in total. The summed E-state index contributed by atoms with van der Waals surface area (Å²) in [5.41, 5.74) is 2.67. The van der Waals surface area contributed by atoms with E-state index in [1.807, 2.05) is 66.7 Å². The van der Waals surface area contributed by atoms with Crippen molar-refractivity contribution in [1.82, 2.24) is 5.32 Å². The normalized spacial score (nSPS) is 17.1. The van der Waals surface area contributed by atoms with E-state index in [0.717, 1.165) is 33.9 Å². The van der Waals surface area contributed by atoms with Gasteiger partial charge in [0.15, 0.2) is 0 Å². The van der Waals surface area contributed by atoms with E-state index in [1.54, 1.807) is 11.8 Å². The quantitative estimate of drug-likeness (QED) is 0.530. The first-order valence-electron chi connectivity index (χ1n) is 9.86. The van der Waals surface area contributed by atoms with E-state index < -0.39 is 0 Å². The Labute approximate surface area is 176 Å². The highest BCUT2D eigenvalue weighted by Gasteiger charge is 2.34. The summed E-state index contributed by atoms with van der Waals surface area (Å²) < 4.78 is 6.09. The second-order valence-electron chi connectivity index (χ2n) is 7.90. The van der Waals surface area contributed by atoms with Crippen molar-refractivity contribution in [3.63, 3.8) is 0 Å². The zero-order chi connectivity index (χ0) is 20.3. The molecule has 1 atom stereocenters. The fourth-order valence-corrected chi connectivity index (χ4v) is 4.69. The van der Waals surface area contributed by atoms with Crippen molar-refractivity contribution < 1.29 is 9.53 Å². The van der Waals surface area contributed by atoms with Crippen LogP contribution in [-0.4, -0.2) is 11.5 Å². The molecule has 3 nitrogen and oxygen atoms in total. The summed E-state index contributed by atoms with van der Waals surface area (Å²) in [6.45, 7) is 4.12. The van der Waals surface area contributed by atoms with Crippen LogP contribution in [0, 0.1) is 0 Å². The van der Waals surface area contributed by atoms with Gasteiger partial charge in [-0.05, 0) is 37.6 Å². The van der Waals surface area contributed by atoms with E-state index in [1.165, 1.54) is 5.56 Å². The second-order valence-corrected chi connectivity index (χ2v) is 8.92. The fourth-order valence-electron chi connectivity index (χ4n) is 3.68. The number of carbonyl (C=O) groups excluding carboxylic acids is 1. The number of hydrogen-bond acceptors (Lipinski definition) is 3. The van der Waals surface area contributed by atoms with Gasteiger partial charge in [-0.25, -0.2) is 0 Å². The molecule has 1 heterocycles. The molecule has 1 aliphatic heterocycles. The third kappa shape index (κ3) is 4.65. The van der Waals surface area contributed by atoms with Gasteiger partial charge in [0, 0.05) is 22.6 Å². The van der Waals surface area contributed by atoms with Gasteiger partial charge in [-0.1, -0.05) is 60.7 Å². The molecule has 3 aromatic carbocycles. The van der Waals surface area contributed by atoms with Crippen molar-refractivity contribution >= 4 is 17.7 Å². The molecule has 0 saturated carbocycles. The lowest BCUT2D eigenvalue weighted by molar-refractivity contribution is 0.0619. The maximum Gasteiger partial charge on any atom is 0.252 e. The molecular formula is C25H25NO2S. The molecule has 148 valence electrons. The van der Waals surface area contributed by atoms with E-state index in [2.05, 4.69) is 31.3 Å². The SMILES string of the molecule is CC1(C)CC(NC(=O)c2ccccc2SCc2ccccc2)c2ccccc2O1. The van der Waals surface area contributed by atoms with Crippen LogP contribution in [0.5, 0.6) is 5.75 Å². The fraction of sp³-hybridized carbons (Fsp3) is 0.240. The van der Waals surface area contributed by atoms with E-state index >= 15 is 0 Å². The van der Waals surface area contributed by atoms with Crippen molar-refractivity contribution in [2.24, 2.45) is 0 Å². The molecule has 3 aromatic rings. The lowest BCUT2D eigenvalue weighted by atomic mass is 9.89. The van der Waals surface area contributed by atoms with Crippen LogP contribution < -0.4 is 10.1 Å². The van der Waals surface area contributed by atoms with Crippen LogP contribution in [-0.2, 0) is 5.75 Å². The van der Waals surface area contributed by atoms with E-state index in [4.69, 9.17) is 4.74 Å². The van der Waals surface area contributed by atoms with Gasteiger partial charge in [0.1, 0.15) is 11.4 Å². The molecule has 4 heteroatoms. The second kappa shape index (κ2) is 8.34. The minimum Gasteiger partial charge on any atom is -0.487 e. The Morgan fingerprint density at radius 1 is 1.00 bits per heavy atom. The summed E-state index contributed by atoms with van der Waals surface area (Å²) in [4.78, 5) is 14.2. The number of benzene rings is 3. The Balaban J connectivity index is 1.53. The largest absolute Gasteiger partial charge is 0.487 e. The van der Waals surface area contributed by atoms with E-state index in [9.17, 15) is 4.79 Å². The third-order valence-electron chi connectivity index (χ3n) is 5.05. The molecule has 0 bridgehead atoms. The smallest absolute Gasteiger partial charge is 0.252 e. The molecule has 1 aliphatic rings. The van der Waals surface area contributed by atoms with Gasteiger partial charge < -0.3 is 10.1 Å². The van der Waals surface area contributed by atoms with Crippen LogP contribution >= 0.6 is 11.8 Å². The Hall–Kier alpha value is -2.72. The van der Waals surface area contributed by atoms with Crippen molar-refractivity contribution in [3.8, 4) is 5.75 Å². The zero-order valence-electron chi connectivity index (χ0n) is 16.7. The molecule has 29 heavy (non-hydrogen) atoms. The zero-order valence-corrected chi connectivity index (χ0v) is 17.5. The number of hydrogen-bond donors (Lipinski definition) is 1. The Morgan fingerprint density at radius 2 is 1.69 bits per heavy atom. The molecule has 0 aliphatic carbocycles. The monoisotopic (exact) mass is 403 g/mol. The number of amides is 1. The topological polar surface area (TPSA) is 38.3 Å². The molecule has 0 spiro atoms. The molecule has 0 saturated heterocycles. The molecular weight excluding hydrogens is 378 g/mol. The summed E-state index contributed by atoms with van der Waals surface area (Å²) >= 11 is 1.69. The van der Waals surface area contributed by atoms with Gasteiger partial charge >= 0.3 is 0 Å². The van der Waals surface area contributed by atoms with Gasteiger partial charge in [0.2, 0.25) is 0 Å². The molecule has 0 radical (unpaired) electrons. The van der Waals surface area contributed by atoms with Gasteiger partial charge in [-0.2, -0.15) is 0 Å². The highest BCUT2D eigenvalue weighted by molar-refractivity contribution is 7.98. The lowest BCUT2D eigenvalue weighted by Gasteiger charge is -2.38. The lowest BCUT2D eigenvalue weighted by Crippen LogP contribution is -2.41. The Morgan fingerprint density at radius 3 is 2.52 bits per heavy atom. The average molecular weight is 404 g/mol. The summed E-state index contributed by atoms with van der Waals surface area (Å²) in [6.07, 6.45) is 0.731. The first-order valence-corrected chi connectivity index (χ1v) is 10.8. The van der Waals surface area contributed by atoms with Crippen LogP contribution in [0.25, 0.3) is 0 Å². The van der Waals surface area contributed by atoms with E-state index in [-0.39, 0.29) is 17.6 Å². The minimum absolute atomic E-state index is 0.0429.